The Kier molecular flexibility index (Phi) is 5.43. The molecule has 0 atom stereocenters. The highest BCUT2D eigenvalue weighted by Crippen LogP contribution is 2.25. The van der Waals surface area contributed by atoms with E-state index in [-0.39, 0.29) is 23.8 Å². The van der Waals surface area contributed by atoms with Crippen LogP contribution in [0.2, 0.25) is 0 Å². The largest absolute Gasteiger partial charge is 0.507 e. The van der Waals surface area contributed by atoms with Crippen molar-refractivity contribution in [2.24, 2.45) is 0 Å². The zero-order chi connectivity index (χ0) is 20.9. The summed E-state index contributed by atoms with van der Waals surface area (Å²) in [7, 11) is 1.50. The SMILES string of the molecule is COc1ccc(C(=O)NCc2cn(-c3ccccc3)nc2-c2ccncc2)c(O)c1. The summed E-state index contributed by atoms with van der Waals surface area (Å²) in [5.74, 6) is -0.0439. The number of phenolic OH excluding ortho intramolecular Hbond substituents is 1. The Hall–Kier alpha value is -4.13. The van der Waals surface area contributed by atoms with Crippen LogP contribution in [0.5, 0.6) is 11.5 Å². The maximum atomic E-state index is 12.6. The summed E-state index contributed by atoms with van der Waals surface area (Å²) in [6.45, 7) is 0.245. The number of phenols is 1. The molecule has 4 aromatic rings. The topological polar surface area (TPSA) is 89.3 Å². The van der Waals surface area contributed by atoms with Crippen LogP contribution in [0.4, 0.5) is 0 Å². The minimum Gasteiger partial charge on any atom is -0.507 e. The van der Waals surface area contributed by atoms with Gasteiger partial charge in [-0.2, -0.15) is 5.10 Å². The van der Waals surface area contributed by atoms with E-state index in [1.165, 1.54) is 19.2 Å². The number of methoxy groups -OCH3 is 1. The van der Waals surface area contributed by atoms with E-state index in [0.717, 1.165) is 22.5 Å². The molecule has 0 saturated heterocycles. The molecule has 0 bridgehead atoms. The summed E-state index contributed by atoms with van der Waals surface area (Å²) in [6, 6.07) is 18.1. The van der Waals surface area contributed by atoms with Gasteiger partial charge in [-0.25, -0.2) is 4.68 Å². The Labute approximate surface area is 173 Å². The Morgan fingerprint density at radius 3 is 2.57 bits per heavy atom. The Balaban J connectivity index is 1.61. The van der Waals surface area contributed by atoms with Crippen molar-refractivity contribution in [3.8, 4) is 28.4 Å². The molecular weight excluding hydrogens is 380 g/mol. The molecule has 0 unspecified atom stereocenters. The smallest absolute Gasteiger partial charge is 0.255 e. The second-order valence-electron chi connectivity index (χ2n) is 6.58. The van der Waals surface area contributed by atoms with E-state index in [4.69, 9.17) is 9.84 Å². The molecule has 0 radical (unpaired) electrons. The van der Waals surface area contributed by atoms with E-state index in [2.05, 4.69) is 10.3 Å². The van der Waals surface area contributed by atoms with Gasteiger partial charge >= 0.3 is 0 Å². The Bertz CT molecular complexity index is 1160. The molecule has 7 heteroatoms. The van der Waals surface area contributed by atoms with Gasteiger partial charge in [0.15, 0.2) is 0 Å². The normalized spacial score (nSPS) is 10.6. The van der Waals surface area contributed by atoms with Gasteiger partial charge in [0.25, 0.3) is 5.91 Å². The number of ether oxygens (including phenoxy) is 1. The fourth-order valence-corrected chi connectivity index (χ4v) is 3.11. The van der Waals surface area contributed by atoms with E-state index in [1.807, 2.05) is 48.7 Å². The summed E-state index contributed by atoms with van der Waals surface area (Å²) >= 11 is 0. The van der Waals surface area contributed by atoms with Crippen LogP contribution in [0.25, 0.3) is 16.9 Å². The van der Waals surface area contributed by atoms with Crippen molar-refractivity contribution >= 4 is 5.91 Å². The number of hydrogen-bond donors (Lipinski definition) is 2. The van der Waals surface area contributed by atoms with Gasteiger partial charge in [0.2, 0.25) is 0 Å². The van der Waals surface area contributed by atoms with Crippen molar-refractivity contribution in [3.63, 3.8) is 0 Å². The van der Waals surface area contributed by atoms with E-state index >= 15 is 0 Å². The predicted octanol–water partition coefficient (Wildman–Crippen LogP) is 3.58. The van der Waals surface area contributed by atoms with Crippen molar-refractivity contribution in [1.82, 2.24) is 20.1 Å². The summed E-state index contributed by atoms with van der Waals surface area (Å²) in [5.41, 5.74) is 3.58. The van der Waals surface area contributed by atoms with Crippen LogP contribution in [-0.2, 0) is 6.54 Å². The zero-order valence-electron chi connectivity index (χ0n) is 16.3. The monoisotopic (exact) mass is 400 g/mol. The molecule has 0 saturated carbocycles. The maximum Gasteiger partial charge on any atom is 0.255 e. The van der Waals surface area contributed by atoms with Crippen LogP contribution >= 0.6 is 0 Å². The molecule has 0 aliphatic rings. The van der Waals surface area contributed by atoms with Gasteiger partial charge in [0, 0.05) is 42.3 Å². The third-order valence-corrected chi connectivity index (χ3v) is 4.65. The van der Waals surface area contributed by atoms with Crippen molar-refractivity contribution in [2.75, 3.05) is 7.11 Å². The standard InChI is InChI=1S/C23H20N4O3/c1-30-19-7-8-20(21(28)13-19)23(29)25-14-17-15-27(18-5-3-2-4-6-18)26-22(17)16-9-11-24-12-10-16/h2-13,15,28H,14H2,1H3,(H,25,29). The number of hydrogen-bond acceptors (Lipinski definition) is 5. The molecule has 2 heterocycles. The summed E-state index contributed by atoms with van der Waals surface area (Å²) in [6.07, 6.45) is 5.29. The van der Waals surface area contributed by atoms with Crippen LogP contribution in [-0.4, -0.2) is 32.9 Å². The molecule has 0 spiro atoms. The molecule has 1 amide bonds. The zero-order valence-corrected chi connectivity index (χ0v) is 16.3. The molecule has 4 rings (SSSR count). The molecule has 0 aliphatic carbocycles. The molecule has 2 aromatic heterocycles. The quantitative estimate of drug-likeness (QED) is 0.516. The van der Waals surface area contributed by atoms with Crippen molar-refractivity contribution in [1.29, 1.82) is 0 Å². The Morgan fingerprint density at radius 1 is 1.10 bits per heavy atom. The lowest BCUT2D eigenvalue weighted by atomic mass is 10.1. The van der Waals surface area contributed by atoms with Crippen LogP contribution in [0.3, 0.4) is 0 Å². The van der Waals surface area contributed by atoms with Gasteiger partial charge in [-0.05, 0) is 36.4 Å². The molecule has 2 N–H and O–H groups in total. The summed E-state index contributed by atoms with van der Waals surface area (Å²) in [5, 5.41) is 17.7. The number of amides is 1. The number of aromatic nitrogens is 3. The fraction of sp³-hybridized carbons (Fsp3) is 0.0870. The number of aromatic hydroxyl groups is 1. The van der Waals surface area contributed by atoms with Crippen LogP contribution in [0.15, 0.2) is 79.3 Å². The van der Waals surface area contributed by atoms with Crippen LogP contribution in [0.1, 0.15) is 15.9 Å². The summed E-state index contributed by atoms with van der Waals surface area (Å²) in [4.78, 5) is 16.7. The lowest BCUT2D eigenvalue weighted by Crippen LogP contribution is -2.23. The predicted molar refractivity (Wildman–Crippen MR) is 113 cm³/mol. The second-order valence-corrected chi connectivity index (χ2v) is 6.58. The van der Waals surface area contributed by atoms with Gasteiger partial charge in [-0.15, -0.1) is 0 Å². The second kappa shape index (κ2) is 8.48. The highest BCUT2D eigenvalue weighted by Gasteiger charge is 2.16. The summed E-state index contributed by atoms with van der Waals surface area (Å²) < 4.78 is 6.84. The molecule has 0 fully saturated rings. The number of carbonyl (C=O) groups excluding carboxylic acids is 1. The number of pyridine rings is 1. The first-order valence-corrected chi connectivity index (χ1v) is 9.35. The van der Waals surface area contributed by atoms with Crippen molar-refractivity contribution in [2.45, 2.75) is 6.54 Å². The van der Waals surface area contributed by atoms with Gasteiger partial charge in [0.1, 0.15) is 11.5 Å². The van der Waals surface area contributed by atoms with Gasteiger partial charge in [-0.3, -0.25) is 9.78 Å². The number of benzene rings is 2. The minimum absolute atomic E-state index is 0.138. The van der Waals surface area contributed by atoms with E-state index < -0.39 is 0 Å². The first-order chi connectivity index (χ1) is 14.7. The average molecular weight is 400 g/mol. The number of nitrogens with zero attached hydrogens (tertiary/aromatic N) is 3. The lowest BCUT2D eigenvalue weighted by molar-refractivity contribution is 0.0948. The highest BCUT2D eigenvalue weighted by atomic mass is 16.5. The minimum atomic E-state index is -0.386. The molecule has 2 aromatic carbocycles. The number of para-hydroxylation sites is 1. The lowest BCUT2D eigenvalue weighted by Gasteiger charge is -2.08. The van der Waals surface area contributed by atoms with E-state index in [9.17, 15) is 9.90 Å². The molecular formula is C23H20N4O3. The molecule has 0 aliphatic heterocycles. The van der Waals surface area contributed by atoms with Gasteiger partial charge < -0.3 is 15.2 Å². The number of carbonyl (C=O) groups is 1. The molecule has 30 heavy (non-hydrogen) atoms. The number of nitrogens with one attached hydrogen (secondary N) is 1. The van der Waals surface area contributed by atoms with Crippen molar-refractivity contribution < 1.29 is 14.6 Å². The third kappa shape index (κ3) is 4.00. The van der Waals surface area contributed by atoms with E-state index in [1.54, 1.807) is 23.1 Å². The van der Waals surface area contributed by atoms with E-state index in [0.29, 0.717) is 5.75 Å². The molecule has 150 valence electrons. The third-order valence-electron chi connectivity index (χ3n) is 4.65. The van der Waals surface area contributed by atoms with Crippen LogP contribution < -0.4 is 10.1 Å². The number of rotatable bonds is 6. The van der Waals surface area contributed by atoms with Gasteiger partial charge in [-0.1, -0.05) is 18.2 Å². The van der Waals surface area contributed by atoms with Gasteiger partial charge in [0.05, 0.1) is 24.1 Å². The fourth-order valence-electron chi connectivity index (χ4n) is 3.11. The molecule has 7 nitrogen and oxygen atoms in total. The maximum absolute atomic E-state index is 12.6. The van der Waals surface area contributed by atoms with Crippen LogP contribution in [0, 0.1) is 0 Å². The van der Waals surface area contributed by atoms with Crippen molar-refractivity contribution in [3.05, 3.63) is 90.4 Å². The average Bonchev–Trinajstić information content (AvgIpc) is 3.23. The highest BCUT2D eigenvalue weighted by molar-refractivity contribution is 5.97. The Morgan fingerprint density at radius 2 is 1.87 bits per heavy atom. The first-order valence-electron chi connectivity index (χ1n) is 9.35. The first kappa shape index (κ1) is 19.2.